The van der Waals surface area contributed by atoms with Gasteiger partial charge in [0.15, 0.2) is 12.4 Å². The molecule has 0 saturated carbocycles. The van der Waals surface area contributed by atoms with Crippen LogP contribution in [0.15, 0.2) is 24.3 Å². The van der Waals surface area contributed by atoms with Gasteiger partial charge in [-0.1, -0.05) is 46.4 Å². The van der Waals surface area contributed by atoms with Crippen LogP contribution in [-0.2, 0) is 14.3 Å². The number of carbonyl (C=O) groups excluding carboxylic acids is 5. The largest absolute Gasteiger partial charge is 0.454 e. The first-order valence-electron chi connectivity index (χ1n) is 8.81. The molecule has 0 saturated heterocycles. The van der Waals surface area contributed by atoms with Gasteiger partial charge in [0.05, 0.1) is 31.2 Å². The van der Waals surface area contributed by atoms with E-state index in [9.17, 15) is 24.0 Å². The van der Waals surface area contributed by atoms with Crippen LogP contribution in [0.3, 0.4) is 0 Å². The van der Waals surface area contributed by atoms with Crippen molar-refractivity contribution >= 4 is 81.6 Å². The maximum atomic E-state index is 12.6. The van der Waals surface area contributed by atoms with Crippen LogP contribution in [0.4, 0.5) is 5.69 Å². The summed E-state index contributed by atoms with van der Waals surface area (Å²) in [5.41, 5.74) is 0.318. The van der Waals surface area contributed by atoms with Crippen LogP contribution in [0.1, 0.15) is 38.0 Å². The maximum absolute atomic E-state index is 12.6. The number of fused-ring (bicyclic) bond motifs is 1. The van der Waals surface area contributed by atoms with E-state index in [0.29, 0.717) is 16.2 Å². The van der Waals surface area contributed by atoms with Crippen LogP contribution in [0.2, 0.25) is 20.1 Å². The molecule has 0 aromatic heterocycles. The Labute approximate surface area is 201 Å². The molecule has 166 valence electrons. The average Bonchev–Trinajstić information content (AvgIpc) is 3.00. The second-order valence-electron chi connectivity index (χ2n) is 6.54. The minimum Gasteiger partial charge on any atom is -0.454 e. The minimum absolute atomic E-state index is 0.128. The summed E-state index contributed by atoms with van der Waals surface area (Å²) in [5, 5.41) is 1.55. The highest BCUT2D eigenvalue weighted by Gasteiger charge is 2.42. The third-order valence-corrected chi connectivity index (χ3v) is 6.21. The Bertz CT molecular complexity index is 1130. The van der Waals surface area contributed by atoms with Crippen molar-refractivity contribution in [3.8, 4) is 0 Å². The Hall–Kier alpha value is -2.65. The zero-order valence-corrected chi connectivity index (χ0v) is 19.2. The topological polar surface area (TPSA) is 110 Å². The lowest BCUT2D eigenvalue weighted by Crippen LogP contribution is -2.36. The van der Waals surface area contributed by atoms with Crippen LogP contribution < -0.4 is 5.32 Å². The van der Waals surface area contributed by atoms with Gasteiger partial charge < -0.3 is 10.1 Å². The van der Waals surface area contributed by atoms with Crippen molar-refractivity contribution in [2.45, 2.75) is 6.92 Å². The molecule has 2 aromatic carbocycles. The van der Waals surface area contributed by atoms with Crippen molar-refractivity contribution in [1.29, 1.82) is 0 Å². The van der Waals surface area contributed by atoms with Crippen LogP contribution in [-0.4, -0.2) is 47.5 Å². The Morgan fingerprint density at radius 1 is 0.875 bits per heavy atom. The van der Waals surface area contributed by atoms with E-state index >= 15 is 0 Å². The summed E-state index contributed by atoms with van der Waals surface area (Å²) in [5.74, 6) is -3.62. The molecule has 0 fully saturated rings. The number of Topliss-reactive ketones (excluding diaryl/α,β-unsaturated/α-hetero) is 1. The number of imide groups is 1. The lowest BCUT2D eigenvalue weighted by Gasteiger charge is -2.13. The zero-order chi connectivity index (χ0) is 23.7. The number of nitrogens with one attached hydrogen (secondary N) is 1. The summed E-state index contributed by atoms with van der Waals surface area (Å²) < 4.78 is 4.83. The number of esters is 1. The standard InChI is InChI=1S/C20H12Cl4N2O6/c1-8(27)9-2-4-10(5-3-9)25-11(28)7-32-12(29)6-26-19(30)13-14(20(26)31)16(22)18(24)17(23)15(13)21/h2-5H,6-7H2,1H3,(H,25,28). The second kappa shape index (κ2) is 9.46. The summed E-state index contributed by atoms with van der Waals surface area (Å²) in [6, 6.07) is 6.08. The van der Waals surface area contributed by atoms with E-state index in [1.807, 2.05) is 0 Å². The SMILES string of the molecule is CC(=O)c1ccc(NC(=O)COC(=O)CN2C(=O)c3c(Cl)c(Cl)c(Cl)c(Cl)c3C2=O)cc1. The molecule has 3 amide bonds. The average molecular weight is 518 g/mol. The van der Waals surface area contributed by atoms with Crippen LogP contribution in [0.25, 0.3) is 0 Å². The molecule has 3 rings (SSSR count). The third-order valence-electron chi connectivity index (χ3n) is 4.41. The van der Waals surface area contributed by atoms with Gasteiger partial charge in [0.2, 0.25) is 0 Å². The molecule has 2 aromatic rings. The fourth-order valence-electron chi connectivity index (χ4n) is 2.85. The molecular formula is C20H12Cl4N2O6. The van der Waals surface area contributed by atoms with Crippen LogP contribution >= 0.6 is 46.4 Å². The normalized spacial score (nSPS) is 12.6. The van der Waals surface area contributed by atoms with Gasteiger partial charge >= 0.3 is 5.97 Å². The molecule has 12 heteroatoms. The van der Waals surface area contributed by atoms with E-state index in [0.717, 1.165) is 0 Å². The lowest BCUT2D eigenvalue weighted by atomic mass is 10.1. The molecule has 0 radical (unpaired) electrons. The van der Waals surface area contributed by atoms with Gasteiger partial charge in [0, 0.05) is 11.3 Å². The van der Waals surface area contributed by atoms with Gasteiger partial charge in [-0.2, -0.15) is 0 Å². The van der Waals surface area contributed by atoms with E-state index in [1.165, 1.54) is 31.2 Å². The number of hydrogen-bond acceptors (Lipinski definition) is 6. The minimum atomic E-state index is -1.02. The number of anilines is 1. The molecule has 1 aliphatic heterocycles. The maximum Gasteiger partial charge on any atom is 0.326 e. The highest BCUT2D eigenvalue weighted by atomic mass is 35.5. The molecule has 8 nitrogen and oxygen atoms in total. The first-order chi connectivity index (χ1) is 15.0. The number of rotatable bonds is 6. The molecule has 1 aliphatic rings. The van der Waals surface area contributed by atoms with Crippen molar-refractivity contribution < 1.29 is 28.7 Å². The van der Waals surface area contributed by atoms with Gasteiger partial charge in [-0.15, -0.1) is 0 Å². The van der Waals surface area contributed by atoms with E-state index in [2.05, 4.69) is 5.32 Å². The summed E-state index contributed by atoms with van der Waals surface area (Å²) in [7, 11) is 0. The Kier molecular flexibility index (Phi) is 7.09. The first kappa shape index (κ1) is 24.0. The molecule has 1 N–H and O–H groups in total. The number of carbonyl (C=O) groups is 5. The molecular weight excluding hydrogens is 506 g/mol. The lowest BCUT2D eigenvalue weighted by molar-refractivity contribution is -0.147. The fraction of sp³-hybridized carbons (Fsp3) is 0.150. The van der Waals surface area contributed by atoms with Crippen molar-refractivity contribution in [2.24, 2.45) is 0 Å². The van der Waals surface area contributed by atoms with Gasteiger partial charge in [0.25, 0.3) is 17.7 Å². The van der Waals surface area contributed by atoms with Gasteiger partial charge in [0.1, 0.15) is 6.54 Å². The number of ketones is 1. The van der Waals surface area contributed by atoms with Gasteiger partial charge in [-0.3, -0.25) is 28.9 Å². The zero-order valence-electron chi connectivity index (χ0n) is 16.1. The number of amides is 3. The summed E-state index contributed by atoms with van der Waals surface area (Å²) in [6.07, 6.45) is 0. The van der Waals surface area contributed by atoms with E-state index in [-0.39, 0.29) is 37.0 Å². The van der Waals surface area contributed by atoms with Crippen LogP contribution in [0, 0.1) is 0 Å². The predicted molar refractivity (Wildman–Crippen MR) is 118 cm³/mol. The van der Waals surface area contributed by atoms with E-state index in [1.54, 1.807) is 0 Å². The van der Waals surface area contributed by atoms with Gasteiger partial charge in [-0.05, 0) is 31.2 Å². The predicted octanol–water partition coefficient (Wildman–Crippen LogP) is 4.28. The fourth-order valence-corrected chi connectivity index (χ4v) is 3.86. The Morgan fingerprint density at radius 2 is 1.38 bits per heavy atom. The number of hydrogen-bond donors (Lipinski definition) is 1. The molecule has 0 spiro atoms. The molecule has 0 unspecified atom stereocenters. The Balaban J connectivity index is 1.61. The van der Waals surface area contributed by atoms with Crippen molar-refractivity contribution in [1.82, 2.24) is 4.90 Å². The highest BCUT2D eigenvalue weighted by Crippen LogP contribution is 2.44. The quantitative estimate of drug-likeness (QED) is 0.201. The summed E-state index contributed by atoms with van der Waals surface area (Å²) in [4.78, 5) is 61.1. The van der Waals surface area contributed by atoms with Crippen LogP contribution in [0.5, 0.6) is 0 Å². The van der Waals surface area contributed by atoms with Crippen molar-refractivity contribution in [3.63, 3.8) is 0 Å². The number of ether oxygens (including phenoxy) is 1. The first-order valence-corrected chi connectivity index (χ1v) is 10.3. The third kappa shape index (κ3) is 4.59. The van der Waals surface area contributed by atoms with Gasteiger partial charge in [-0.25, -0.2) is 0 Å². The smallest absolute Gasteiger partial charge is 0.326 e. The van der Waals surface area contributed by atoms with Crippen molar-refractivity contribution in [3.05, 3.63) is 61.0 Å². The number of halogens is 4. The monoisotopic (exact) mass is 516 g/mol. The molecule has 0 atom stereocenters. The second-order valence-corrected chi connectivity index (χ2v) is 8.06. The Morgan fingerprint density at radius 3 is 1.84 bits per heavy atom. The summed E-state index contributed by atoms with van der Waals surface area (Å²) in [6.45, 7) is -0.0447. The highest BCUT2D eigenvalue weighted by molar-refractivity contribution is 6.55. The van der Waals surface area contributed by atoms with Crippen molar-refractivity contribution in [2.75, 3.05) is 18.5 Å². The van der Waals surface area contributed by atoms with E-state index in [4.69, 9.17) is 51.1 Å². The number of nitrogens with zero attached hydrogens (tertiary/aromatic N) is 1. The molecule has 0 aliphatic carbocycles. The number of benzene rings is 2. The molecule has 0 bridgehead atoms. The summed E-state index contributed by atoms with van der Waals surface area (Å²) >= 11 is 23.9. The molecule has 32 heavy (non-hydrogen) atoms. The molecule has 1 heterocycles. The van der Waals surface area contributed by atoms with E-state index < -0.39 is 36.8 Å².